The molecule has 0 fully saturated rings. The topological polar surface area (TPSA) is 93.7 Å². The molecule has 0 spiro atoms. The molecule has 7 nitrogen and oxygen atoms in total. The molecule has 0 bridgehead atoms. The summed E-state index contributed by atoms with van der Waals surface area (Å²) in [6.45, 7) is 4.97. The lowest BCUT2D eigenvalue weighted by molar-refractivity contribution is -0.142. The molecule has 0 aliphatic rings. The van der Waals surface area contributed by atoms with E-state index in [-0.39, 0.29) is 6.61 Å². The van der Waals surface area contributed by atoms with Crippen LogP contribution >= 0.6 is 0 Å². The van der Waals surface area contributed by atoms with Crippen molar-refractivity contribution in [1.29, 1.82) is 0 Å². The van der Waals surface area contributed by atoms with Gasteiger partial charge in [-0.15, -0.1) is 0 Å². The summed E-state index contributed by atoms with van der Waals surface area (Å²) >= 11 is 0. The maximum atomic E-state index is 11.9. The largest absolute Gasteiger partial charge is 0.482 e. The number of benzene rings is 1. The highest BCUT2D eigenvalue weighted by Crippen LogP contribution is 2.18. The Morgan fingerprint density at radius 3 is 2.52 bits per heavy atom. The molecule has 118 valence electrons. The maximum absolute atomic E-state index is 11.9. The van der Waals surface area contributed by atoms with Gasteiger partial charge in [-0.3, -0.25) is 4.72 Å². The van der Waals surface area contributed by atoms with Crippen molar-refractivity contribution in [3.63, 3.8) is 0 Å². The van der Waals surface area contributed by atoms with Crippen molar-refractivity contribution < 1.29 is 22.7 Å². The first-order chi connectivity index (χ1) is 9.61. The number of ether oxygens (including phenoxy) is 2. The second-order valence-electron chi connectivity index (χ2n) is 5.35. The van der Waals surface area contributed by atoms with Crippen LogP contribution in [0, 0.1) is 0 Å². The molecule has 0 heterocycles. The minimum absolute atomic E-state index is 0.243. The molecule has 0 atom stereocenters. The van der Waals surface area contributed by atoms with E-state index in [0.717, 1.165) is 0 Å². The van der Waals surface area contributed by atoms with Gasteiger partial charge in [0.25, 0.3) is 10.2 Å². The Balaban J connectivity index is 2.74. The average molecular weight is 316 g/mol. The summed E-state index contributed by atoms with van der Waals surface area (Å²) < 4.78 is 38.3. The summed E-state index contributed by atoms with van der Waals surface area (Å²) in [5.74, 6) is -0.160. The fourth-order valence-electron chi connectivity index (χ4n) is 1.43. The standard InChI is InChI=1S/C13H20N2O5S/c1-13(2,3)15-21(17,18)14-10-6-5-7-11(8-10)20-9-12(16)19-4/h5-8,14-15H,9H2,1-4H3. The van der Waals surface area contributed by atoms with Crippen LogP contribution < -0.4 is 14.2 Å². The Hall–Kier alpha value is -1.80. The van der Waals surface area contributed by atoms with Crippen LogP contribution in [0.4, 0.5) is 5.69 Å². The van der Waals surface area contributed by atoms with Gasteiger partial charge in [0, 0.05) is 11.6 Å². The van der Waals surface area contributed by atoms with E-state index in [9.17, 15) is 13.2 Å². The van der Waals surface area contributed by atoms with Crippen molar-refractivity contribution >= 4 is 21.9 Å². The third-order valence-electron chi connectivity index (χ3n) is 2.11. The lowest BCUT2D eigenvalue weighted by Gasteiger charge is -2.21. The van der Waals surface area contributed by atoms with Gasteiger partial charge >= 0.3 is 5.97 Å². The van der Waals surface area contributed by atoms with Gasteiger partial charge in [0.1, 0.15) is 5.75 Å². The lowest BCUT2D eigenvalue weighted by atomic mass is 10.1. The van der Waals surface area contributed by atoms with Gasteiger partial charge in [0.05, 0.1) is 12.8 Å². The first-order valence-corrected chi connectivity index (χ1v) is 7.71. The van der Waals surface area contributed by atoms with Gasteiger partial charge in [-0.1, -0.05) is 6.07 Å². The van der Waals surface area contributed by atoms with E-state index >= 15 is 0 Å². The van der Waals surface area contributed by atoms with Gasteiger partial charge in [-0.25, -0.2) is 4.79 Å². The molecule has 0 saturated heterocycles. The Bertz CT molecular complexity index is 593. The van der Waals surface area contributed by atoms with Gasteiger partial charge in [0.15, 0.2) is 6.61 Å². The summed E-state index contributed by atoms with van der Waals surface area (Å²) in [6.07, 6.45) is 0. The highest BCUT2D eigenvalue weighted by atomic mass is 32.2. The number of rotatable bonds is 6. The first-order valence-electron chi connectivity index (χ1n) is 6.23. The van der Waals surface area contributed by atoms with Crippen LogP contribution in [-0.4, -0.2) is 33.6 Å². The van der Waals surface area contributed by atoms with Crippen LogP contribution in [0.15, 0.2) is 24.3 Å². The molecule has 2 N–H and O–H groups in total. The summed E-state index contributed by atoms with van der Waals surface area (Å²) in [7, 11) is -2.43. The molecule has 1 aromatic carbocycles. The molecule has 0 aliphatic heterocycles. The van der Waals surface area contributed by atoms with E-state index in [1.165, 1.54) is 13.2 Å². The molecule has 8 heteroatoms. The van der Waals surface area contributed by atoms with E-state index in [1.807, 2.05) is 0 Å². The molecule has 0 amide bonds. The fourth-order valence-corrected chi connectivity index (χ4v) is 2.73. The van der Waals surface area contributed by atoms with E-state index in [1.54, 1.807) is 39.0 Å². The quantitative estimate of drug-likeness (QED) is 0.771. The first kappa shape index (κ1) is 17.3. The number of methoxy groups -OCH3 is 1. The monoisotopic (exact) mass is 316 g/mol. The van der Waals surface area contributed by atoms with Crippen molar-refractivity contribution in [2.24, 2.45) is 0 Å². The normalized spacial score (nSPS) is 11.8. The SMILES string of the molecule is COC(=O)COc1cccc(NS(=O)(=O)NC(C)(C)C)c1. The third-order valence-corrected chi connectivity index (χ3v) is 3.50. The average Bonchev–Trinajstić information content (AvgIpc) is 2.32. The van der Waals surface area contributed by atoms with E-state index < -0.39 is 21.7 Å². The van der Waals surface area contributed by atoms with Gasteiger partial charge < -0.3 is 9.47 Å². The zero-order valence-corrected chi connectivity index (χ0v) is 13.3. The number of nitrogens with one attached hydrogen (secondary N) is 2. The van der Waals surface area contributed by atoms with Crippen molar-refractivity contribution in [3.8, 4) is 5.75 Å². The van der Waals surface area contributed by atoms with Crippen molar-refractivity contribution in [2.75, 3.05) is 18.4 Å². The number of carbonyl (C=O) groups is 1. The second kappa shape index (κ2) is 6.77. The summed E-state index contributed by atoms with van der Waals surface area (Å²) in [5, 5.41) is 0. The fraction of sp³-hybridized carbons (Fsp3) is 0.462. The minimum atomic E-state index is -3.69. The second-order valence-corrected chi connectivity index (χ2v) is 6.77. The van der Waals surface area contributed by atoms with Crippen LogP contribution in [0.5, 0.6) is 5.75 Å². The molecular weight excluding hydrogens is 296 g/mol. The number of carbonyl (C=O) groups excluding carboxylic acids is 1. The smallest absolute Gasteiger partial charge is 0.343 e. The van der Waals surface area contributed by atoms with E-state index in [4.69, 9.17) is 4.74 Å². The summed E-state index contributed by atoms with van der Waals surface area (Å²) in [6, 6.07) is 6.28. The molecule has 1 aromatic rings. The zero-order valence-electron chi connectivity index (χ0n) is 12.5. The number of hydrogen-bond acceptors (Lipinski definition) is 5. The molecule has 21 heavy (non-hydrogen) atoms. The van der Waals surface area contributed by atoms with E-state index in [0.29, 0.717) is 11.4 Å². The molecular formula is C13H20N2O5S. The summed E-state index contributed by atoms with van der Waals surface area (Å²) in [5.41, 5.74) is -0.265. The molecule has 0 saturated carbocycles. The minimum Gasteiger partial charge on any atom is -0.482 e. The Morgan fingerprint density at radius 1 is 1.29 bits per heavy atom. The third kappa shape index (κ3) is 6.96. The maximum Gasteiger partial charge on any atom is 0.343 e. The Morgan fingerprint density at radius 2 is 1.95 bits per heavy atom. The number of anilines is 1. The summed E-state index contributed by atoms with van der Waals surface area (Å²) in [4.78, 5) is 11.0. The van der Waals surface area contributed by atoms with Gasteiger partial charge in [-0.2, -0.15) is 13.1 Å². The predicted octanol–water partition coefficient (Wildman–Crippen LogP) is 1.28. The molecule has 1 rings (SSSR count). The van der Waals surface area contributed by atoms with Crippen molar-refractivity contribution in [2.45, 2.75) is 26.3 Å². The zero-order chi connectivity index (χ0) is 16.1. The Labute approximate surface area is 124 Å². The van der Waals surface area contributed by atoms with Crippen LogP contribution in [0.1, 0.15) is 20.8 Å². The van der Waals surface area contributed by atoms with Crippen LogP contribution in [0.3, 0.4) is 0 Å². The van der Waals surface area contributed by atoms with Gasteiger partial charge in [0.2, 0.25) is 0 Å². The molecule has 0 aliphatic carbocycles. The number of esters is 1. The van der Waals surface area contributed by atoms with Gasteiger partial charge in [-0.05, 0) is 32.9 Å². The molecule has 0 radical (unpaired) electrons. The highest BCUT2D eigenvalue weighted by molar-refractivity contribution is 7.90. The van der Waals surface area contributed by atoms with Crippen LogP contribution in [-0.2, 0) is 19.7 Å². The van der Waals surface area contributed by atoms with Crippen molar-refractivity contribution in [3.05, 3.63) is 24.3 Å². The highest BCUT2D eigenvalue weighted by Gasteiger charge is 2.19. The van der Waals surface area contributed by atoms with Crippen LogP contribution in [0.25, 0.3) is 0 Å². The lowest BCUT2D eigenvalue weighted by Crippen LogP contribution is -2.43. The van der Waals surface area contributed by atoms with Crippen LogP contribution in [0.2, 0.25) is 0 Å². The van der Waals surface area contributed by atoms with Crippen molar-refractivity contribution in [1.82, 2.24) is 4.72 Å². The predicted molar refractivity (Wildman–Crippen MR) is 79.4 cm³/mol. The molecule has 0 unspecified atom stereocenters. The Kier molecular flexibility index (Phi) is 5.56. The van der Waals surface area contributed by atoms with E-state index in [2.05, 4.69) is 14.2 Å². The number of hydrogen-bond donors (Lipinski definition) is 2. The molecule has 0 aromatic heterocycles.